The fourth-order valence-corrected chi connectivity index (χ4v) is 2.95. The first-order valence-electron chi connectivity index (χ1n) is 9.06. The molecule has 0 aliphatic rings. The van der Waals surface area contributed by atoms with Crippen molar-refractivity contribution in [2.45, 2.75) is 45.1 Å². The summed E-state index contributed by atoms with van der Waals surface area (Å²) in [6, 6.07) is 19.7. The van der Waals surface area contributed by atoms with Crippen molar-refractivity contribution in [1.82, 2.24) is 5.32 Å². The highest BCUT2D eigenvalue weighted by Crippen LogP contribution is 2.16. The van der Waals surface area contributed by atoms with Crippen LogP contribution >= 0.6 is 0 Å². The van der Waals surface area contributed by atoms with E-state index in [0.717, 1.165) is 30.3 Å². The minimum Gasteiger partial charge on any atom is -0.346 e. The molecule has 1 N–H and O–H groups in total. The van der Waals surface area contributed by atoms with E-state index in [0.29, 0.717) is 19.3 Å². The molecule has 3 nitrogen and oxygen atoms in total. The summed E-state index contributed by atoms with van der Waals surface area (Å²) >= 11 is 0. The first kappa shape index (κ1) is 18.9. The molecule has 2 aromatic carbocycles. The third-order valence-electron chi connectivity index (χ3n) is 4.38. The molecule has 0 heterocycles. The molecule has 0 fully saturated rings. The molecule has 0 aliphatic heterocycles. The van der Waals surface area contributed by atoms with Crippen LogP contribution in [-0.2, 0) is 22.4 Å². The Kier molecular flexibility index (Phi) is 7.90. The Morgan fingerprint density at radius 1 is 0.960 bits per heavy atom. The van der Waals surface area contributed by atoms with Gasteiger partial charge in [0.1, 0.15) is 6.29 Å². The van der Waals surface area contributed by atoms with E-state index in [1.807, 2.05) is 60.7 Å². The van der Waals surface area contributed by atoms with Crippen LogP contribution in [0.2, 0.25) is 0 Å². The van der Waals surface area contributed by atoms with E-state index in [9.17, 15) is 9.59 Å². The lowest BCUT2D eigenvalue weighted by Crippen LogP contribution is -2.41. The molecule has 0 saturated heterocycles. The van der Waals surface area contributed by atoms with Crippen molar-refractivity contribution in [3.05, 3.63) is 71.8 Å². The van der Waals surface area contributed by atoms with E-state index < -0.39 is 0 Å². The van der Waals surface area contributed by atoms with E-state index in [2.05, 4.69) is 12.2 Å². The summed E-state index contributed by atoms with van der Waals surface area (Å²) in [7, 11) is 0. The number of nitrogens with one attached hydrogen (secondary N) is 1. The lowest BCUT2D eigenvalue weighted by atomic mass is 9.91. The number of amides is 1. The van der Waals surface area contributed by atoms with Gasteiger partial charge >= 0.3 is 0 Å². The molecule has 132 valence electrons. The fourth-order valence-electron chi connectivity index (χ4n) is 2.95. The van der Waals surface area contributed by atoms with Gasteiger partial charge in [0.15, 0.2) is 0 Å². The normalized spacial score (nSPS) is 11.9. The third-order valence-corrected chi connectivity index (χ3v) is 4.38. The zero-order valence-corrected chi connectivity index (χ0v) is 14.9. The Hall–Kier alpha value is -2.42. The molecule has 1 amide bonds. The number of benzene rings is 2. The van der Waals surface area contributed by atoms with E-state index in [-0.39, 0.29) is 17.9 Å². The van der Waals surface area contributed by atoms with Gasteiger partial charge in [-0.2, -0.15) is 0 Å². The molecular weight excluding hydrogens is 310 g/mol. The summed E-state index contributed by atoms with van der Waals surface area (Å²) in [4.78, 5) is 24.1. The van der Waals surface area contributed by atoms with Gasteiger partial charge in [-0.05, 0) is 30.4 Å². The largest absolute Gasteiger partial charge is 0.346 e. The van der Waals surface area contributed by atoms with Crippen LogP contribution in [0.1, 0.15) is 37.3 Å². The van der Waals surface area contributed by atoms with Crippen molar-refractivity contribution < 1.29 is 9.59 Å². The lowest BCUT2D eigenvalue weighted by Gasteiger charge is -2.20. The first-order valence-corrected chi connectivity index (χ1v) is 9.06. The summed E-state index contributed by atoms with van der Waals surface area (Å²) < 4.78 is 0. The van der Waals surface area contributed by atoms with Gasteiger partial charge in [-0.3, -0.25) is 4.79 Å². The molecule has 2 aromatic rings. The number of hydrogen-bond donors (Lipinski definition) is 1. The van der Waals surface area contributed by atoms with Gasteiger partial charge in [0.2, 0.25) is 5.91 Å². The number of carbonyl (C=O) groups is 2. The lowest BCUT2D eigenvalue weighted by molar-refractivity contribution is -0.127. The smallest absolute Gasteiger partial charge is 0.224 e. The zero-order valence-electron chi connectivity index (χ0n) is 14.9. The number of rotatable bonds is 10. The van der Waals surface area contributed by atoms with Gasteiger partial charge in [0.25, 0.3) is 0 Å². The maximum absolute atomic E-state index is 12.8. The maximum Gasteiger partial charge on any atom is 0.224 e. The van der Waals surface area contributed by atoms with Gasteiger partial charge in [0.05, 0.1) is 6.04 Å². The monoisotopic (exact) mass is 337 g/mol. The second-order valence-electron chi connectivity index (χ2n) is 6.47. The van der Waals surface area contributed by atoms with Gasteiger partial charge in [0, 0.05) is 5.92 Å². The van der Waals surface area contributed by atoms with Gasteiger partial charge in [-0.15, -0.1) is 0 Å². The zero-order chi connectivity index (χ0) is 17.9. The highest BCUT2D eigenvalue weighted by molar-refractivity contribution is 5.82. The van der Waals surface area contributed by atoms with E-state index in [4.69, 9.17) is 0 Å². The van der Waals surface area contributed by atoms with Gasteiger partial charge < -0.3 is 10.1 Å². The number of carbonyl (C=O) groups excluding carboxylic acids is 2. The molecule has 0 spiro atoms. The fraction of sp³-hybridized carbons (Fsp3) is 0.364. The predicted molar refractivity (Wildman–Crippen MR) is 101 cm³/mol. The summed E-state index contributed by atoms with van der Waals surface area (Å²) in [6.45, 7) is 2.08. The van der Waals surface area contributed by atoms with Crippen molar-refractivity contribution >= 4 is 12.2 Å². The number of unbranched alkanes of at least 4 members (excludes halogenated alkanes) is 1. The third kappa shape index (κ3) is 6.54. The van der Waals surface area contributed by atoms with Crippen molar-refractivity contribution in [1.29, 1.82) is 0 Å². The predicted octanol–water partition coefficient (Wildman–Crippen LogP) is 3.96. The van der Waals surface area contributed by atoms with Crippen molar-refractivity contribution in [2.75, 3.05) is 0 Å². The van der Waals surface area contributed by atoms with Crippen LogP contribution < -0.4 is 5.32 Å². The first-order chi connectivity index (χ1) is 12.2. The Bertz CT molecular complexity index is 598. The molecule has 25 heavy (non-hydrogen) atoms. The molecule has 0 aromatic heterocycles. The van der Waals surface area contributed by atoms with Gasteiger partial charge in [-0.1, -0.05) is 80.4 Å². The van der Waals surface area contributed by atoms with Gasteiger partial charge in [-0.25, -0.2) is 0 Å². The Balaban J connectivity index is 2.09. The minimum absolute atomic E-state index is 0.0408. The molecule has 1 atom stereocenters. The van der Waals surface area contributed by atoms with Crippen molar-refractivity contribution in [3.63, 3.8) is 0 Å². The van der Waals surface area contributed by atoms with Crippen molar-refractivity contribution in [2.24, 2.45) is 5.92 Å². The van der Waals surface area contributed by atoms with Crippen LogP contribution in [0.4, 0.5) is 0 Å². The highest BCUT2D eigenvalue weighted by Gasteiger charge is 2.22. The number of aldehydes is 1. The SMILES string of the molecule is CCCC[C@@H](C=O)NC(=O)C(Cc1ccccc1)Cc1ccccc1. The van der Waals surface area contributed by atoms with Crippen LogP contribution in [0.15, 0.2) is 60.7 Å². The van der Waals surface area contributed by atoms with Crippen molar-refractivity contribution in [3.8, 4) is 0 Å². The quantitative estimate of drug-likeness (QED) is 0.667. The van der Waals surface area contributed by atoms with Crippen LogP contribution in [-0.4, -0.2) is 18.2 Å². The second-order valence-corrected chi connectivity index (χ2v) is 6.47. The summed E-state index contributed by atoms with van der Waals surface area (Å²) in [5.74, 6) is -0.227. The molecule has 0 bridgehead atoms. The molecule has 0 radical (unpaired) electrons. The van der Waals surface area contributed by atoms with E-state index in [1.54, 1.807) is 0 Å². The minimum atomic E-state index is -0.388. The molecule has 3 heteroatoms. The average molecular weight is 337 g/mol. The molecular formula is C22H27NO2. The Morgan fingerprint density at radius 2 is 1.48 bits per heavy atom. The molecule has 0 saturated carbocycles. The van der Waals surface area contributed by atoms with Crippen LogP contribution in [0.3, 0.4) is 0 Å². The molecule has 0 aliphatic carbocycles. The Labute approximate surface area is 150 Å². The standard InChI is InChI=1S/C22H27NO2/c1-2-3-14-21(17-24)23-22(25)20(15-18-10-6-4-7-11-18)16-19-12-8-5-9-13-19/h4-13,17,20-21H,2-3,14-16H2,1H3,(H,23,25)/t21-/m0/s1. The van der Waals surface area contributed by atoms with E-state index in [1.165, 1.54) is 0 Å². The van der Waals surface area contributed by atoms with E-state index >= 15 is 0 Å². The molecule has 0 unspecified atom stereocenters. The van der Waals surface area contributed by atoms with Crippen LogP contribution in [0, 0.1) is 5.92 Å². The van der Waals surface area contributed by atoms with Crippen LogP contribution in [0.5, 0.6) is 0 Å². The highest BCUT2D eigenvalue weighted by atomic mass is 16.2. The maximum atomic E-state index is 12.8. The number of hydrogen-bond acceptors (Lipinski definition) is 2. The average Bonchev–Trinajstić information content (AvgIpc) is 2.66. The summed E-state index contributed by atoms with van der Waals surface area (Å²) in [6.07, 6.45) is 4.84. The topological polar surface area (TPSA) is 46.2 Å². The van der Waals surface area contributed by atoms with Crippen LogP contribution in [0.25, 0.3) is 0 Å². The Morgan fingerprint density at radius 3 is 1.92 bits per heavy atom. The molecule has 2 rings (SSSR count). The summed E-state index contributed by atoms with van der Waals surface area (Å²) in [5.41, 5.74) is 2.27. The second kappa shape index (κ2) is 10.4. The summed E-state index contributed by atoms with van der Waals surface area (Å²) in [5, 5.41) is 2.94.